The third-order valence-corrected chi connectivity index (χ3v) is 4.52. The van der Waals surface area contributed by atoms with E-state index in [2.05, 4.69) is 5.32 Å². The summed E-state index contributed by atoms with van der Waals surface area (Å²) in [6.45, 7) is 3.57. The van der Waals surface area contributed by atoms with Crippen molar-refractivity contribution in [3.8, 4) is 0 Å². The van der Waals surface area contributed by atoms with Gasteiger partial charge in [0.2, 0.25) is 11.8 Å². The topological polar surface area (TPSA) is 90.0 Å². The van der Waals surface area contributed by atoms with Gasteiger partial charge in [-0.05, 0) is 37.9 Å². The van der Waals surface area contributed by atoms with E-state index in [4.69, 9.17) is 5.11 Å². The number of hydrogen-bond donors (Lipinski definition) is 2. The number of piperidine rings is 1. The maximum atomic E-state index is 12.4. The summed E-state index contributed by atoms with van der Waals surface area (Å²) in [5, 5.41) is 11.9. The van der Waals surface area contributed by atoms with E-state index in [1.807, 2.05) is 37.3 Å². The van der Waals surface area contributed by atoms with Crippen molar-refractivity contribution in [1.82, 2.24) is 9.80 Å². The van der Waals surface area contributed by atoms with E-state index in [1.54, 1.807) is 9.80 Å². The van der Waals surface area contributed by atoms with Crippen molar-refractivity contribution in [3.63, 3.8) is 0 Å². The second kappa shape index (κ2) is 9.91. The fourth-order valence-electron chi connectivity index (χ4n) is 3.17. The maximum absolute atomic E-state index is 12.4. The first-order valence-corrected chi connectivity index (χ1v) is 9.07. The summed E-state index contributed by atoms with van der Waals surface area (Å²) in [6.07, 6.45) is 2.04. The molecule has 0 aliphatic carbocycles. The van der Waals surface area contributed by atoms with Crippen LogP contribution in [0.1, 0.15) is 26.2 Å². The number of amides is 2. The van der Waals surface area contributed by atoms with Gasteiger partial charge in [0.1, 0.15) is 0 Å². The summed E-state index contributed by atoms with van der Waals surface area (Å²) < 4.78 is 0. The number of nitrogens with one attached hydrogen (secondary N) is 1. The Kier molecular flexibility index (Phi) is 7.59. The van der Waals surface area contributed by atoms with E-state index in [1.165, 1.54) is 0 Å². The molecule has 142 valence electrons. The molecule has 0 aromatic heterocycles. The molecule has 2 rings (SSSR count). The minimum absolute atomic E-state index is 0.0122. The van der Waals surface area contributed by atoms with E-state index in [0.29, 0.717) is 32.5 Å². The zero-order valence-electron chi connectivity index (χ0n) is 15.2. The van der Waals surface area contributed by atoms with Crippen molar-refractivity contribution in [2.45, 2.75) is 26.2 Å². The highest BCUT2D eigenvalue weighted by atomic mass is 16.4. The lowest BCUT2D eigenvalue weighted by atomic mass is 9.95. The Morgan fingerprint density at radius 3 is 2.38 bits per heavy atom. The molecule has 1 aromatic carbocycles. The van der Waals surface area contributed by atoms with Crippen molar-refractivity contribution in [2.24, 2.45) is 5.92 Å². The fraction of sp³-hybridized carbons (Fsp3) is 0.526. The first-order valence-electron chi connectivity index (χ1n) is 9.07. The minimum atomic E-state index is -0.928. The van der Waals surface area contributed by atoms with Crippen LogP contribution in [0, 0.1) is 5.92 Å². The monoisotopic (exact) mass is 361 g/mol. The van der Waals surface area contributed by atoms with Gasteiger partial charge in [0.25, 0.3) is 0 Å². The lowest BCUT2D eigenvalue weighted by Crippen LogP contribution is -2.46. The van der Waals surface area contributed by atoms with E-state index < -0.39 is 5.97 Å². The molecular weight excluding hydrogens is 334 g/mol. The number of aliphatic carboxylic acids is 1. The van der Waals surface area contributed by atoms with Crippen LogP contribution in [0.15, 0.2) is 30.3 Å². The Morgan fingerprint density at radius 1 is 1.15 bits per heavy atom. The molecule has 1 fully saturated rings. The van der Waals surface area contributed by atoms with Crippen LogP contribution in [0.2, 0.25) is 0 Å². The van der Waals surface area contributed by atoms with Gasteiger partial charge in [0.15, 0.2) is 0 Å². The van der Waals surface area contributed by atoms with Crippen molar-refractivity contribution >= 4 is 23.5 Å². The number of carboxylic acid groups (broad SMARTS) is 1. The second-order valence-electron chi connectivity index (χ2n) is 6.61. The Hall–Kier alpha value is -2.41. The Labute approximate surface area is 154 Å². The zero-order chi connectivity index (χ0) is 18.9. The number of nitrogens with zero attached hydrogens (tertiary/aromatic N) is 2. The van der Waals surface area contributed by atoms with E-state index in [0.717, 1.165) is 12.1 Å². The van der Waals surface area contributed by atoms with Crippen molar-refractivity contribution in [3.05, 3.63) is 30.3 Å². The molecule has 0 atom stereocenters. The van der Waals surface area contributed by atoms with Crippen molar-refractivity contribution in [2.75, 3.05) is 38.0 Å². The number of hydrogen-bond acceptors (Lipinski definition) is 4. The van der Waals surface area contributed by atoms with Gasteiger partial charge >= 0.3 is 5.97 Å². The summed E-state index contributed by atoms with van der Waals surface area (Å²) in [5.41, 5.74) is 0.778. The number of carbonyl (C=O) groups is 3. The maximum Gasteiger partial charge on any atom is 0.317 e. The third kappa shape index (κ3) is 6.15. The first kappa shape index (κ1) is 19.9. The van der Waals surface area contributed by atoms with Gasteiger partial charge in [-0.1, -0.05) is 25.1 Å². The molecule has 1 heterocycles. The van der Waals surface area contributed by atoms with Crippen LogP contribution in [0.4, 0.5) is 5.69 Å². The average molecular weight is 361 g/mol. The standard InChI is InChI=1S/C19H27N3O4/c1-2-10-21(14-18(24)25)13-17(23)22-11-8-15(9-12-22)19(26)20-16-6-4-3-5-7-16/h3-7,15H,2,8-14H2,1H3,(H,20,26)(H,24,25). The fourth-order valence-corrected chi connectivity index (χ4v) is 3.17. The summed E-state index contributed by atoms with van der Waals surface area (Å²) in [6, 6.07) is 9.33. The second-order valence-corrected chi connectivity index (χ2v) is 6.61. The average Bonchev–Trinajstić information content (AvgIpc) is 2.62. The molecule has 0 radical (unpaired) electrons. The number of benzene rings is 1. The van der Waals surface area contributed by atoms with Gasteiger partial charge in [-0.3, -0.25) is 19.3 Å². The first-order chi connectivity index (χ1) is 12.5. The zero-order valence-corrected chi connectivity index (χ0v) is 15.2. The van der Waals surface area contributed by atoms with Crippen LogP contribution >= 0.6 is 0 Å². The molecule has 2 amide bonds. The largest absolute Gasteiger partial charge is 0.480 e. The van der Waals surface area contributed by atoms with Crippen LogP contribution in [-0.2, 0) is 14.4 Å². The summed E-state index contributed by atoms with van der Waals surface area (Å²) in [7, 11) is 0. The predicted octanol–water partition coefficient (Wildman–Crippen LogP) is 1.66. The summed E-state index contributed by atoms with van der Waals surface area (Å²) in [4.78, 5) is 39.0. The molecule has 26 heavy (non-hydrogen) atoms. The predicted molar refractivity (Wildman–Crippen MR) is 98.7 cm³/mol. The molecule has 1 saturated heterocycles. The molecule has 1 aliphatic rings. The SMILES string of the molecule is CCCN(CC(=O)O)CC(=O)N1CCC(C(=O)Nc2ccccc2)CC1. The third-order valence-electron chi connectivity index (χ3n) is 4.52. The van der Waals surface area contributed by atoms with Gasteiger partial charge in [-0.25, -0.2) is 0 Å². The molecule has 1 aromatic rings. The number of carboxylic acids is 1. The molecule has 7 heteroatoms. The molecular formula is C19H27N3O4. The van der Waals surface area contributed by atoms with Crippen molar-refractivity contribution in [1.29, 1.82) is 0 Å². The highest BCUT2D eigenvalue weighted by Gasteiger charge is 2.28. The van der Waals surface area contributed by atoms with Crippen LogP contribution in [-0.4, -0.2) is 65.4 Å². The number of likely N-dealkylation sites (tertiary alicyclic amines) is 1. The Balaban J connectivity index is 1.80. The van der Waals surface area contributed by atoms with Crippen LogP contribution in [0.25, 0.3) is 0 Å². The molecule has 0 spiro atoms. The Morgan fingerprint density at radius 2 is 1.81 bits per heavy atom. The number of rotatable bonds is 8. The van der Waals surface area contributed by atoms with E-state index in [9.17, 15) is 14.4 Å². The Bertz CT molecular complexity index is 612. The normalized spacial score (nSPS) is 15.1. The molecule has 0 saturated carbocycles. The van der Waals surface area contributed by atoms with Gasteiger partial charge in [-0.15, -0.1) is 0 Å². The highest BCUT2D eigenvalue weighted by Crippen LogP contribution is 2.19. The molecule has 2 N–H and O–H groups in total. The smallest absolute Gasteiger partial charge is 0.317 e. The quantitative estimate of drug-likeness (QED) is 0.735. The molecule has 0 bridgehead atoms. The van der Waals surface area contributed by atoms with Gasteiger partial charge < -0.3 is 15.3 Å². The lowest BCUT2D eigenvalue weighted by molar-refractivity contribution is -0.140. The number of anilines is 1. The van der Waals surface area contributed by atoms with Crippen molar-refractivity contribution < 1.29 is 19.5 Å². The van der Waals surface area contributed by atoms with Gasteiger partial charge in [-0.2, -0.15) is 0 Å². The highest BCUT2D eigenvalue weighted by molar-refractivity contribution is 5.92. The van der Waals surface area contributed by atoms with E-state index >= 15 is 0 Å². The molecule has 0 unspecified atom stereocenters. The summed E-state index contributed by atoms with van der Waals surface area (Å²) >= 11 is 0. The van der Waals surface area contributed by atoms with Gasteiger partial charge in [0.05, 0.1) is 13.1 Å². The minimum Gasteiger partial charge on any atom is -0.480 e. The number of carbonyl (C=O) groups excluding carboxylic acids is 2. The van der Waals surface area contributed by atoms with Crippen LogP contribution < -0.4 is 5.32 Å². The summed E-state index contributed by atoms with van der Waals surface area (Å²) in [5.74, 6) is -1.11. The van der Waals surface area contributed by atoms with Crippen LogP contribution in [0.3, 0.4) is 0 Å². The molecule has 7 nitrogen and oxygen atoms in total. The van der Waals surface area contributed by atoms with Gasteiger partial charge in [0, 0.05) is 24.7 Å². The lowest BCUT2D eigenvalue weighted by Gasteiger charge is -2.32. The number of para-hydroxylation sites is 1. The van der Waals surface area contributed by atoms with E-state index in [-0.39, 0.29) is 30.8 Å². The van der Waals surface area contributed by atoms with Crippen LogP contribution in [0.5, 0.6) is 0 Å². The molecule has 1 aliphatic heterocycles.